The molecule has 3 heterocycles. The number of benzene rings is 2. The van der Waals surface area contributed by atoms with Gasteiger partial charge in [-0.3, -0.25) is 9.69 Å². The molecule has 2 aromatic heterocycles. The second-order valence-corrected chi connectivity index (χ2v) is 8.68. The molecule has 4 aromatic rings. The third-order valence-electron chi connectivity index (χ3n) is 6.42. The van der Waals surface area contributed by atoms with Gasteiger partial charge >= 0.3 is 0 Å². The summed E-state index contributed by atoms with van der Waals surface area (Å²) < 4.78 is 2.07. The number of piperazine rings is 1. The molecule has 0 radical (unpaired) electrons. The van der Waals surface area contributed by atoms with E-state index in [0.717, 1.165) is 40.5 Å². The van der Waals surface area contributed by atoms with Gasteiger partial charge in [-0.2, -0.15) is 5.26 Å². The van der Waals surface area contributed by atoms with Crippen molar-refractivity contribution in [1.82, 2.24) is 24.3 Å². The van der Waals surface area contributed by atoms with Crippen molar-refractivity contribution < 1.29 is 4.79 Å². The number of aromatic nitrogens is 3. The lowest BCUT2D eigenvalue weighted by Crippen LogP contribution is -2.48. The highest BCUT2D eigenvalue weighted by molar-refractivity contribution is 5.96. The fraction of sp³-hybridized carbons (Fsp3) is 0.259. The molecule has 0 atom stereocenters. The molecule has 1 aliphatic rings. The van der Waals surface area contributed by atoms with E-state index >= 15 is 0 Å². The van der Waals surface area contributed by atoms with E-state index in [1.165, 1.54) is 0 Å². The average Bonchev–Trinajstić information content (AvgIpc) is 3.24. The lowest BCUT2D eigenvalue weighted by molar-refractivity contribution is -0.127. The quantitative estimate of drug-likeness (QED) is 0.438. The zero-order valence-electron chi connectivity index (χ0n) is 19.5. The van der Waals surface area contributed by atoms with Crippen molar-refractivity contribution in [2.45, 2.75) is 19.5 Å². The number of hydrogen-bond acceptors (Lipinski definition) is 6. The van der Waals surface area contributed by atoms with Crippen molar-refractivity contribution in [3.8, 4) is 6.07 Å². The van der Waals surface area contributed by atoms with Crippen LogP contribution in [0.15, 0.2) is 60.8 Å². The Kier molecular flexibility index (Phi) is 6.42. The molecule has 0 bridgehead atoms. The smallest absolute Gasteiger partial charge is 0.246 e. The number of carbonyl (C=O) groups excluding carboxylic acids is 1. The molecule has 1 amide bonds. The Morgan fingerprint density at radius 2 is 1.77 bits per heavy atom. The summed E-state index contributed by atoms with van der Waals surface area (Å²) in [5, 5.41) is 10.9. The molecule has 2 N–H and O–H groups in total. The SMILES string of the molecule is N#CCCn1cc(/C=C/C(=O)N2CCN(Cc3nc(N)c4ccccc4n3)CC2)c2ccccc21. The molecule has 2 aromatic carbocycles. The van der Waals surface area contributed by atoms with Crippen LogP contribution >= 0.6 is 0 Å². The summed E-state index contributed by atoms with van der Waals surface area (Å²) in [4.78, 5) is 26.1. The maximum Gasteiger partial charge on any atom is 0.246 e. The van der Waals surface area contributed by atoms with Crippen molar-refractivity contribution in [2.24, 2.45) is 0 Å². The van der Waals surface area contributed by atoms with Crippen LogP contribution in [-0.4, -0.2) is 56.4 Å². The van der Waals surface area contributed by atoms with Crippen molar-refractivity contribution in [2.75, 3.05) is 31.9 Å². The predicted octanol–water partition coefficient (Wildman–Crippen LogP) is 3.44. The van der Waals surface area contributed by atoms with Gasteiger partial charge in [0.25, 0.3) is 0 Å². The third-order valence-corrected chi connectivity index (χ3v) is 6.42. The second-order valence-electron chi connectivity index (χ2n) is 8.68. The van der Waals surface area contributed by atoms with Crippen LogP contribution in [0.4, 0.5) is 5.82 Å². The predicted molar refractivity (Wildman–Crippen MR) is 137 cm³/mol. The molecule has 35 heavy (non-hydrogen) atoms. The zero-order chi connectivity index (χ0) is 24.2. The van der Waals surface area contributed by atoms with Crippen LogP contribution in [0.25, 0.3) is 27.9 Å². The van der Waals surface area contributed by atoms with Gasteiger partial charge in [-0.15, -0.1) is 0 Å². The van der Waals surface area contributed by atoms with Gasteiger partial charge in [-0.05, 0) is 24.3 Å². The molecule has 176 valence electrons. The van der Waals surface area contributed by atoms with Crippen molar-refractivity contribution >= 4 is 39.6 Å². The molecule has 1 fully saturated rings. The first-order valence-corrected chi connectivity index (χ1v) is 11.8. The molecule has 0 unspecified atom stereocenters. The Morgan fingerprint density at radius 1 is 1.03 bits per heavy atom. The average molecular weight is 466 g/mol. The van der Waals surface area contributed by atoms with Gasteiger partial charge in [0, 0.05) is 66.8 Å². The summed E-state index contributed by atoms with van der Waals surface area (Å²) in [6, 6.07) is 18.0. The molecule has 0 aliphatic carbocycles. The highest BCUT2D eigenvalue weighted by atomic mass is 16.2. The van der Waals surface area contributed by atoms with Gasteiger partial charge in [0.05, 0.1) is 24.6 Å². The van der Waals surface area contributed by atoms with Crippen molar-refractivity contribution in [1.29, 1.82) is 5.26 Å². The fourth-order valence-corrected chi connectivity index (χ4v) is 4.58. The van der Waals surface area contributed by atoms with Crippen LogP contribution in [0.5, 0.6) is 0 Å². The van der Waals surface area contributed by atoms with E-state index in [4.69, 9.17) is 11.0 Å². The third kappa shape index (κ3) is 4.86. The largest absolute Gasteiger partial charge is 0.383 e. The monoisotopic (exact) mass is 465 g/mol. The van der Waals surface area contributed by atoms with E-state index in [2.05, 4.69) is 25.5 Å². The molecule has 0 spiro atoms. The molecule has 1 aliphatic heterocycles. The first kappa shape index (κ1) is 22.6. The number of nitrogens with two attached hydrogens (primary N) is 1. The van der Waals surface area contributed by atoms with E-state index in [1.807, 2.05) is 65.7 Å². The Bertz CT molecular complexity index is 1440. The summed E-state index contributed by atoms with van der Waals surface area (Å²) in [7, 11) is 0. The number of fused-ring (bicyclic) bond motifs is 2. The number of nitriles is 1. The summed E-state index contributed by atoms with van der Waals surface area (Å²) in [5.41, 5.74) is 9.02. The minimum atomic E-state index is 0.00436. The minimum absolute atomic E-state index is 0.00436. The van der Waals surface area contributed by atoms with Gasteiger partial charge in [-0.25, -0.2) is 9.97 Å². The number of amides is 1. The van der Waals surface area contributed by atoms with Gasteiger partial charge in [0.15, 0.2) is 0 Å². The summed E-state index contributed by atoms with van der Waals surface area (Å²) >= 11 is 0. The van der Waals surface area contributed by atoms with E-state index < -0.39 is 0 Å². The van der Waals surface area contributed by atoms with Crippen LogP contribution in [-0.2, 0) is 17.9 Å². The molecule has 0 saturated carbocycles. The van der Waals surface area contributed by atoms with Gasteiger partial charge < -0.3 is 15.2 Å². The minimum Gasteiger partial charge on any atom is -0.383 e. The molecule has 8 heteroatoms. The lowest BCUT2D eigenvalue weighted by atomic mass is 10.1. The number of aryl methyl sites for hydroxylation is 1. The second kappa shape index (κ2) is 9.95. The lowest BCUT2D eigenvalue weighted by Gasteiger charge is -2.33. The highest BCUT2D eigenvalue weighted by Crippen LogP contribution is 2.23. The number of rotatable bonds is 6. The summed E-state index contributed by atoms with van der Waals surface area (Å²) in [6.45, 7) is 4.04. The fourth-order valence-electron chi connectivity index (χ4n) is 4.58. The topological polar surface area (TPSA) is 104 Å². The maximum absolute atomic E-state index is 12.9. The van der Waals surface area contributed by atoms with Crippen LogP contribution in [0.1, 0.15) is 17.8 Å². The number of para-hydroxylation sites is 2. The number of anilines is 1. The number of nitrogen functional groups attached to an aromatic ring is 1. The Morgan fingerprint density at radius 3 is 2.57 bits per heavy atom. The van der Waals surface area contributed by atoms with Crippen molar-refractivity contribution in [3.63, 3.8) is 0 Å². The zero-order valence-corrected chi connectivity index (χ0v) is 19.5. The number of hydrogen-bond donors (Lipinski definition) is 1. The summed E-state index contributed by atoms with van der Waals surface area (Å²) in [6.07, 6.45) is 5.99. The van der Waals surface area contributed by atoms with Crippen LogP contribution in [0.3, 0.4) is 0 Å². The van der Waals surface area contributed by atoms with Crippen LogP contribution < -0.4 is 5.73 Å². The van der Waals surface area contributed by atoms with Crippen LogP contribution in [0, 0.1) is 11.3 Å². The molecule has 5 rings (SSSR count). The Hall–Kier alpha value is -4.22. The van der Waals surface area contributed by atoms with Crippen LogP contribution in [0.2, 0.25) is 0 Å². The number of carbonyl (C=O) groups is 1. The van der Waals surface area contributed by atoms with E-state index in [0.29, 0.717) is 44.2 Å². The van der Waals surface area contributed by atoms with Gasteiger partial charge in [0.1, 0.15) is 11.6 Å². The standard InChI is InChI=1S/C27H27N7O/c28-12-5-13-34-18-20(21-6-2-4-9-24(21)34)10-11-26(35)33-16-14-32(15-17-33)19-25-30-23-8-3-1-7-22(23)27(29)31-25/h1-4,6-11,18H,5,13-17,19H2,(H2,29,30,31)/b11-10+. The maximum atomic E-state index is 12.9. The molecule has 1 saturated heterocycles. The van der Waals surface area contributed by atoms with E-state index in [1.54, 1.807) is 6.08 Å². The van der Waals surface area contributed by atoms with Gasteiger partial charge in [-0.1, -0.05) is 30.3 Å². The summed E-state index contributed by atoms with van der Waals surface area (Å²) in [5.74, 6) is 1.21. The Labute approximate surface area is 203 Å². The molecular weight excluding hydrogens is 438 g/mol. The first-order chi connectivity index (χ1) is 17.1. The Balaban J connectivity index is 1.21. The van der Waals surface area contributed by atoms with E-state index in [-0.39, 0.29) is 5.91 Å². The first-order valence-electron chi connectivity index (χ1n) is 11.8. The normalized spacial score (nSPS) is 14.7. The van der Waals surface area contributed by atoms with E-state index in [9.17, 15) is 4.79 Å². The highest BCUT2D eigenvalue weighted by Gasteiger charge is 2.21. The number of nitrogens with zero attached hydrogens (tertiary/aromatic N) is 6. The van der Waals surface area contributed by atoms with Gasteiger partial charge in [0.2, 0.25) is 5.91 Å². The molecular formula is C27H27N7O. The van der Waals surface area contributed by atoms with Crippen molar-refractivity contribution in [3.05, 3.63) is 72.2 Å². The molecule has 8 nitrogen and oxygen atoms in total.